The molecule has 3 atom stereocenters. The lowest BCUT2D eigenvalue weighted by Crippen LogP contribution is -2.62. The first kappa shape index (κ1) is 13.8. The van der Waals surface area contributed by atoms with Gasteiger partial charge in [0.1, 0.15) is 6.17 Å². The van der Waals surface area contributed by atoms with Gasteiger partial charge in [-0.2, -0.15) is 9.90 Å². The van der Waals surface area contributed by atoms with E-state index in [0.29, 0.717) is 0 Å². The lowest BCUT2D eigenvalue weighted by molar-refractivity contribution is -0.243. The van der Waals surface area contributed by atoms with Crippen LogP contribution >= 0.6 is 0 Å². The molecule has 3 unspecified atom stereocenters. The van der Waals surface area contributed by atoms with Crippen LogP contribution in [0, 0.1) is 5.92 Å². The number of ether oxygens (including phenoxy) is 1. The van der Waals surface area contributed by atoms with E-state index < -0.39 is 36.7 Å². The normalized spacial score (nSPS) is 28.8. The molecule has 2 rings (SSSR count). The van der Waals surface area contributed by atoms with E-state index in [0.717, 1.165) is 11.0 Å². The van der Waals surface area contributed by atoms with Gasteiger partial charge in [0.2, 0.25) is 0 Å². The first-order valence-corrected chi connectivity index (χ1v) is 5.61. The minimum atomic E-state index is -3.74. The van der Waals surface area contributed by atoms with E-state index in [-0.39, 0.29) is 12.3 Å². The lowest BCUT2D eigenvalue weighted by Gasteiger charge is -2.42. The van der Waals surface area contributed by atoms with Gasteiger partial charge >= 0.3 is 5.97 Å². The molecule has 0 amide bonds. The van der Waals surface area contributed by atoms with Crippen LogP contribution in [0.25, 0.3) is 0 Å². The van der Waals surface area contributed by atoms with Gasteiger partial charge < -0.3 is 4.74 Å². The topological polar surface area (TPSA) is 57.0 Å². The second kappa shape index (κ2) is 4.78. The number of aromatic nitrogens is 3. The molecule has 0 saturated heterocycles. The van der Waals surface area contributed by atoms with Crippen molar-refractivity contribution in [3.63, 3.8) is 0 Å². The minimum absolute atomic E-state index is 0.127. The number of alkyl halides is 4. The van der Waals surface area contributed by atoms with Crippen LogP contribution in [0.15, 0.2) is 6.20 Å². The molecule has 0 bridgehead atoms. The fraction of sp³-hybridized carbons (Fsp3) is 0.700. The first-order chi connectivity index (χ1) is 8.87. The van der Waals surface area contributed by atoms with Crippen LogP contribution in [-0.2, 0) is 11.3 Å². The number of halogens is 4. The number of rotatable bonds is 4. The van der Waals surface area contributed by atoms with Gasteiger partial charge in [0, 0.05) is 0 Å². The highest BCUT2D eigenvalue weighted by atomic mass is 19.3. The molecule has 0 N–H and O–H groups in total. The minimum Gasteiger partial charge on any atom is -0.461 e. The SMILES string of the molecule is CCOC(=O)c1cnn(CC2C(F)C(F)C2(F)F)n1. The van der Waals surface area contributed by atoms with Crippen LogP contribution in [0.5, 0.6) is 0 Å². The standard InChI is InChI=1S/C10H11F4N3O2/c1-2-19-9(18)6-3-15-17(16-6)4-5-7(11)8(12)10(5,13)14/h3,5,7-8H,2,4H2,1H3. The van der Waals surface area contributed by atoms with Crippen LogP contribution in [0.1, 0.15) is 17.4 Å². The average Bonchev–Trinajstić information content (AvgIpc) is 2.83. The summed E-state index contributed by atoms with van der Waals surface area (Å²) < 4.78 is 56.4. The summed E-state index contributed by atoms with van der Waals surface area (Å²) >= 11 is 0. The van der Waals surface area contributed by atoms with Crippen LogP contribution in [0.4, 0.5) is 17.6 Å². The Kier molecular flexibility index (Phi) is 3.46. The van der Waals surface area contributed by atoms with Crippen molar-refractivity contribution in [1.82, 2.24) is 15.0 Å². The zero-order valence-corrected chi connectivity index (χ0v) is 9.89. The number of carbonyl (C=O) groups excluding carboxylic acids is 1. The molecule has 1 aliphatic carbocycles. The van der Waals surface area contributed by atoms with Gasteiger partial charge in [-0.15, -0.1) is 5.10 Å². The molecule has 1 fully saturated rings. The molecule has 0 aromatic carbocycles. The van der Waals surface area contributed by atoms with Gasteiger partial charge in [-0.25, -0.2) is 22.4 Å². The predicted octanol–water partition coefficient (Wildman–Crippen LogP) is 1.40. The van der Waals surface area contributed by atoms with Crippen molar-refractivity contribution in [3.05, 3.63) is 11.9 Å². The first-order valence-electron chi connectivity index (χ1n) is 5.61. The van der Waals surface area contributed by atoms with E-state index >= 15 is 0 Å². The molecule has 5 nitrogen and oxygen atoms in total. The Bertz CT molecular complexity index is 479. The molecule has 1 aliphatic rings. The van der Waals surface area contributed by atoms with Crippen molar-refractivity contribution in [2.45, 2.75) is 31.7 Å². The van der Waals surface area contributed by atoms with E-state index in [2.05, 4.69) is 14.9 Å². The van der Waals surface area contributed by atoms with Crippen molar-refractivity contribution in [2.24, 2.45) is 5.92 Å². The smallest absolute Gasteiger partial charge is 0.360 e. The Balaban J connectivity index is 2.03. The van der Waals surface area contributed by atoms with Gasteiger partial charge in [-0.3, -0.25) is 0 Å². The summed E-state index contributed by atoms with van der Waals surface area (Å²) in [5.74, 6) is -6.32. The Labute approximate surface area is 105 Å². The van der Waals surface area contributed by atoms with Crippen molar-refractivity contribution in [3.8, 4) is 0 Å². The summed E-state index contributed by atoms with van der Waals surface area (Å²) in [6.45, 7) is 1.11. The largest absolute Gasteiger partial charge is 0.461 e. The zero-order valence-electron chi connectivity index (χ0n) is 9.89. The summed E-state index contributed by atoms with van der Waals surface area (Å²) in [4.78, 5) is 12.0. The van der Waals surface area contributed by atoms with Crippen LogP contribution < -0.4 is 0 Å². The molecule has 1 aromatic rings. The van der Waals surface area contributed by atoms with E-state index in [9.17, 15) is 22.4 Å². The number of nitrogens with zero attached hydrogens (tertiary/aromatic N) is 3. The van der Waals surface area contributed by atoms with Crippen molar-refractivity contribution in [2.75, 3.05) is 6.61 Å². The molecule has 1 aromatic heterocycles. The molecule has 19 heavy (non-hydrogen) atoms. The zero-order chi connectivity index (χ0) is 14.2. The maximum absolute atomic E-state index is 13.0. The van der Waals surface area contributed by atoms with Gasteiger partial charge in [0.25, 0.3) is 5.92 Å². The second-order valence-electron chi connectivity index (χ2n) is 4.13. The molecule has 0 radical (unpaired) electrons. The van der Waals surface area contributed by atoms with Crippen molar-refractivity contribution < 1.29 is 27.1 Å². The monoisotopic (exact) mass is 281 g/mol. The fourth-order valence-electron chi connectivity index (χ4n) is 1.80. The number of hydrogen-bond donors (Lipinski definition) is 0. The molecule has 0 aliphatic heterocycles. The van der Waals surface area contributed by atoms with Gasteiger partial charge in [-0.05, 0) is 6.92 Å². The summed E-state index contributed by atoms with van der Waals surface area (Å²) in [5, 5.41) is 7.13. The molecule has 106 valence electrons. The van der Waals surface area contributed by atoms with E-state index in [1.165, 1.54) is 0 Å². The van der Waals surface area contributed by atoms with Crippen LogP contribution in [0.2, 0.25) is 0 Å². The summed E-state index contributed by atoms with van der Waals surface area (Å²) in [7, 11) is 0. The summed E-state index contributed by atoms with van der Waals surface area (Å²) in [6.07, 6.45) is -4.03. The number of carbonyl (C=O) groups is 1. The number of esters is 1. The van der Waals surface area contributed by atoms with Crippen molar-refractivity contribution in [1.29, 1.82) is 0 Å². The fourth-order valence-corrected chi connectivity index (χ4v) is 1.80. The Morgan fingerprint density at radius 3 is 2.79 bits per heavy atom. The van der Waals surface area contributed by atoms with E-state index in [1.54, 1.807) is 6.92 Å². The van der Waals surface area contributed by atoms with Gasteiger partial charge in [-0.1, -0.05) is 0 Å². The highest BCUT2D eigenvalue weighted by Crippen LogP contribution is 2.48. The quantitative estimate of drug-likeness (QED) is 0.618. The Hall–Kier alpha value is -1.67. The lowest BCUT2D eigenvalue weighted by atomic mass is 9.77. The predicted molar refractivity (Wildman–Crippen MR) is 54.2 cm³/mol. The highest BCUT2D eigenvalue weighted by molar-refractivity contribution is 5.86. The van der Waals surface area contributed by atoms with E-state index in [1.807, 2.05) is 0 Å². The maximum Gasteiger partial charge on any atom is 0.360 e. The molecule has 0 spiro atoms. The third kappa shape index (κ3) is 2.28. The molecule has 1 heterocycles. The second-order valence-corrected chi connectivity index (χ2v) is 4.13. The van der Waals surface area contributed by atoms with Gasteiger partial charge in [0.15, 0.2) is 11.9 Å². The van der Waals surface area contributed by atoms with Crippen molar-refractivity contribution >= 4 is 5.97 Å². The highest BCUT2D eigenvalue weighted by Gasteiger charge is 2.67. The summed E-state index contributed by atoms with van der Waals surface area (Å²) in [5.41, 5.74) is -0.170. The third-order valence-corrected chi connectivity index (χ3v) is 2.91. The Morgan fingerprint density at radius 2 is 2.21 bits per heavy atom. The molecule has 9 heteroatoms. The third-order valence-electron chi connectivity index (χ3n) is 2.91. The van der Waals surface area contributed by atoms with Crippen LogP contribution in [0.3, 0.4) is 0 Å². The van der Waals surface area contributed by atoms with Crippen LogP contribution in [-0.4, -0.2) is 45.8 Å². The van der Waals surface area contributed by atoms with E-state index in [4.69, 9.17) is 0 Å². The average molecular weight is 281 g/mol. The number of hydrogen-bond acceptors (Lipinski definition) is 4. The van der Waals surface area contributed by atoms with Gasteiger partial charge in [0.05, 0.1) is 25.3 Å². The maximum atomic E-state index is 13.0. The Morgan fingerprint density at radius 1 is 1.53 bits per heavy atom. The molecular weight excluding hydrogens is 270 g/mol. The summed E-state index contributed by atoms with van der Waals surface area (Å²) in [6, 6.07) is 0. The molecular formula is C10H11F4N3O2. The molecule has 1 saturated carbocycles.